The molecule has 5 nitrogen and oxygen atoms in total. The van der Waals surface area contributed by atoms with Gasteiger partial charge in [-0.25, -0.2) is 4.98 Å². The van der Waals surface area contributed by atoms with Gasteiger partial charge in [-0.2, -0.15) is 0 Å². The number of halogens is 1. The van der Waals surface area contributed by atoms with Gasteiger partial charge in [0.15, 0.2) is 0 Å². The number of amides is 2. The van der Waals surface area contributed by atoms with Crippen LogP contribution in [0.25, 0.3) is 9.88 Å². The number of aromatic nitrogens is 1. The van der Waals surface area contributed by atoms with Crippen molar-refractivity contribution < 1.29 is 9.59 Å². The molecule has 1 aromatic carbocycles. The number of nitrogens with one attached hydrogen (secondary N) is 1. The van der Waals surface area contributed by atoms with Crippen molar-refractivity contribution in [2.45, 2.75) is 26.3 Å². The highest BCUT2D eigenvalue weighted by atomic mass is 35.5. The second kappa shape index (κ2) is 8.03. The minimum Gasteiger partial charge on any atom is -0.338 e. The Morgan fingerprint density at radius 3 is 2.86 bits per heavy atom. The fourth-order valence-electron chi connectivity index (χ4n) is 3.17. The summed E-state index contributed by atoms with van der Waals surface area (Å²) in [5.74, 6) is 0.00855. The van der Waals surface area contributed by atoms with E-state index in [2.05, 4.69) is 10.3 Å². The number of carbonyl (C=O) groups excluding carboxylic acids is 2. The van der Waals surface area contributed by atoms with E-state index < -0.39 is 0 Å². The van der Waals surface area contributed by atoms with Crippen LogP contribution in [0.3, 0.4) is 0 Å². The third kappa shape index (κ3) is 4.11. The average Bonchev–Trinajstić information content (AvgIpc) is 3.36. The molecule has 0 aliphatic carbocycles. The largest absolute Gasteiger partial charge is 0.338 e. The van der Waals surface area contributed by atoms with Crippen LogP contribution in [0.4, 0.5) is 5.69 Å². The summed E-state index contributed by atoms with van der Waals surface area (Å²) in [6.45, 7) is 3.20. The first-order valence-corrected chi connectivity index (χ1v) is 10.9. The normalized spacial score (nSPS) is 13.9. The van der Waals surface area contributed by atoms with Crippen molar-refractivity contribution in [1.29, 1.82) is 0 Å². The molecule has 8 heteroatoms. The Morgan fingerprint density at radius 2 is 2.14 bits per heavy atom. The van der Waals surface area contributed by atoms with E-state index in [4.69, 9.17) is 11.6 Å². The molecule has 4 rings (SSSR count). The van der Waals surface area contributed by atoms with E-state index in [1.807, 2.05) is 48.2 Å². The van der Waals surface area contributed by atoms with Crippen LogP contribution in [0.15, 0.2) is 36.4 Å². The molecular formula is C20H18ClN3O2S2. The smallest absolute Gasteiger partial charge is 0.267 e. The molecule has 1 saturated heterocycles. The second-order valence-electron chi connectivity index (χ2n) is 6.61. The summed E-state index contributed by atoms with van der Waals surface area (Å²) in [4.78, 5) is 32.5. The van der Waals surface area contributed by atoms with E-state index in [9.17, 15) is 9.59 Å². The van der Waals surface area contributed by atoms with Crippen molar-refractivity contribution in [2.24, 2.45) is 0 Å². The zero-order valence-corrected chi connectivity index (χ0v) is 17.6. The topological polar surface area (TPSA) is 62.3 Å². The van der Waals surface area contributed by atoms with Crippen molar-refractivity contribution in [2.75, 3.05) is 11.9 Å². The van der Waals surface area contributed by atoms with Gasteiger partial charge in [0.25, 0.3) is 5.91 Å². The van der Waals surface area contributed by atoms with Crippen molar-refractivity contribution >= 4 is 51.8 Å². The lowest BCUT2D eigenvalue weighted by atomic mass is 10.2. The van der Waals surface area contributed by atoms with Gasteiger partial charge in [0.05, 0.1) is 14.9 Å². The van der Waals surface area contributed by atoms with Crippen molar-refractivity contribution in [1.82, 2.24) is 9.88 Å². The molecule has 3 aromatic rings. The summed E-state index contributed by atoms with van der Waals surface area (Å²) in [6, 6.07) is 11.4. The number of aryl methyl sites for hydroxylation is 1. The third-order valence-electron chi connectivity index (χ3n) is 4.52. The number of carbonyl (C=O) groups is 2. The lowest BCUT2D eigenvalue weighted by Crippen LogP contribution is -2.23. The third-order valence-corrected chi connectivity index (χ3v) is 7.07. The van der Waals surface area contributed by atoms with Crippen molar-refractivity contribution in [3.8, 4) is 9.88 Å². The molecular weight excluding hydrogens is 414 g/mol. The maximum absolute atomic E-state index is 12.8. The molecule has 0 atom stereocenters. The van der Waals surface area contributed by atoms with Crippen LogP contribution >= 0.6 is 34.3 Å². The number of thiazole rings is 1. The number of anilines is 1. The molecule has 0 radical (unpaired) electrons. The zero-order chi connectivity index (χ0) is 19.7. The van der Waals surface area contributed by atoms with E-state index in [0.717, 1.165) is 28.4 Å². The number of nitrogens with zero attached hydrogens (tertiary/aromatic N) is 2. The Hall–Kier alpha value is -2.22. The predicted octanol–water partition coefficient (Wildman–Crippen LogP) is 5.21. The van der Waals surface area contributed by atoms with Gasteiger partial charge in [0, 0.05) is 25.2 Å². The van der Waals surface area contributed by atoms with Gasteiger partial charge < -0.3 is 10.2 Å². The molecule has 1 aliphatic rings. The van der Waals surface area contributed by atoms with E-state index in [1.165, 1.54) is 22.7 Å². The molecule has 2 amide bonds. The van der Waals surface area contributed by atoms with Gasteiger partial charge in [-0.1, -0.05) is 23.7 Å². The van der Waals surface area contributed by atoms with Gasteiger partial charge in [0.1, 0.15) is 9.88 Å². The first-order chi connectivity index (χ1) is 13.5. The molecule has 2 aromatic heterocycles. The van der Waals surface area contributed by atoms with E-state index >= 15 is 0 Å². The zero-order valence-electron chi connectivity index (χ0n) is 15.2. The minimum atomic E-state index is -0.182. The van der Waals surface area contributed by atoms with Gasteiger partial charge in [-0.15, -0.1) is 22.7 Å². The predicted molar refractivity (Wildman–Crippen MR) is 114 cm³/mol. The Bertz CT molecular complexity index is 1040. The first-order valence-electron chi connectivity index (χ1n) is 8.91. The standard InChI is InChI=1S/C20H18ClN3O2S2/c1-12-18(28-20(22-12)15-7-8-16(21)27-15)19(26)23-14-5-2-4-13(10-14)11-24-9-3-6-17(24)25/h2,4-5,7-8,10H,3,6,9,11H2,1H3,(H,23,26). The quantitative estimate of drug-likeness (QED) is 0.603. The van der Waals surface area contributed by atoms with Gasteiger partial charge in [-0.3, -0.25) is 9.59 Å². The summed E-state index contributed by atoms with van der Waals surface area (Å²) in [7, 11) is 0. The highest BCUT2D eigenvalue weighted by Gasteiger charge is 2.21. The molecule has 28 heavy (non-hydrogen) atoms. The summed E-state index contributed by atoms with van der Waals surface area (Å²) >= 11 is 8.81. The summed E-state index contributed by atoms with van der Waals surface area (Å²) < 4.78 is 0.696. The van der Waals surface area contributed by atoms with E-state index in [0.29, 0.717) is 33.6 Å². The monoisotopic (exact) mass is 431 g/mol. The van der Waals surface area contributed by atoms with Crippen molar-refractivity contribution in [3.05, 3.63) is 56.9 Å². The van der Waals surface area contributed by atoms with Gasteiger partial charge in [-0.05, 0) is 43.2 Å². The first kappa shape index (κ1) is 19.1. The van der Waals surface area contributed by atoms with Crippen LogP contribution in [0.1, 0.15) is 33.8 Å². The number of hydrogen-bond acceptors (Lipinski definition) is 5. The van der Waals surface area contributed by atoms with Crippen LogP contribution in [0, 0.1) is 6.92 Å². The molecule has 0 spiro atoms. The summed E-state index contributed by atoms with van der Waals surface area (Å²) in [5, 5.41) is 3.74. The highest BCUT2D eigenvalue weighted by molar-refractivity contribution is 7.24. The number of likely N-dealkylation sites (tertiary alicyclic amines) is 1. The Kier molecular flexibility index (Phi) is 5.48. The van der Waals surface area contributed by atoms with Gasteiger partial charge in [0.2, 0.25) is 5.91 Å². The molecule has 3 heterocycles. The Balaban J connectivity index is 1.48. The van der Waals surface area contributed by atoms with E-state index in [-0.39, 0.29) is 11.8 Å². The number of hydrogen-bond donors (Lipinski definition) is 1. The highest BCUT2D eigenvalue weighted by Crippen LogP contribution is 2.35. The van der Waals surface area contributed by atoms with Crippen LogP contribution in [-0.2, 0) is 11.3 Å². The lowest BCUT2D eigenvalue weighted by Gasteiger charge is -2.16. The molecule has 0 bridgehead atoms. The SMILES string of the molecule is Cc1nc(-c2ccc(Cl)s2)sc1C(=O)Nc1cccc(CN2CCCC2=O)c1. The average molecular weight is 432 g/mol. The number of rotatable bonds is 5. The summed E-state index contributed by atoms with van der Waals surface area (Å²) in [6.07, 6.45) is 1.54. The van der Waals surface area contributed by atoms with Crippen LogP contribution < -0.4 is 5.32 Å². The Morgan fingerprint density at radius 1 is 1.29 bits per heavy atom. The molecule has 0 saturated carbocycles. The molecule has 0 unspecified atom stereocenters. The maximum atomic E-state index is 12.8. The Labute approximate surface area is 176 Å². The second-order valence-corrected chi connectivity index (χ2v) is 9.32. The lowest BCUT2D eigenvalue weighted by molar-refractivity contribution is -0.128. The molecule has 1 fully saturated rings. The van der Waals surface area contributed by atoms with E-state index in [1.54, 1.807) is 0 Å². The fraction of sp³-hybridized carbons (Fsp3) is 0.250. The minimum absolute atomic E-state index is 0.182. The van der Waals surface area contributed by atoms with Crippen LogP contribution in [-0.4, -0.2) is 28.2 Å². The number of thiophene rings is 1. The van der Waals surface area contributed by atoms with Crippen LogP contribution in [0.5, 0.6) is 0 Å². The summed E-state index contributed by atoms with van der Waals surface area (Å²) in [5.41, 5.74) is 2.41. The van der Waals surface area contributed by atoms with Crippen LogP contribution in [0.2, 0.25) is 4.34 Å². The fourth-order valence-corrected chi connectivity index (χ4v) is 5.23. The molecule has 1 N–H and O–H groups in total. The van der Waals surface area contributed by atoms with Crippen molar-refractivity contribution in [3.63, 3.8) is 0 Å². The van der Waals surface area contributed by atoms with Gasteiger partial charge >= 0.3 is 0 Å². The maximum Gasteiger partial charge on any atom is 0.267 e. The molecule has 144 valence electrons. The number of benzene rings is 1. The molecule has 1 aliphatic heterocycles.